The zero-order valence-corrected chi connectivity index (χ0v) is 15.1. The van der Waals surface area contributed by atoms with Crippen molar-refractivity contribution in [2.75, 3.05) is 10.0 Å². The van der Waals surface area contributed by atoms with Gasteiger partial charge in [0.1, 0.15) is 5.69 Å². The van der Waals surface area contributed by atoms with Crippen molar-refractivity contribution in [1.82, 2.24) is 9.59 Å². The molecule has 7 nitrogen and oxygen atoms in total. The predicted octanol–water partition coefficient (Wildman–Crippen LogP) is 2.89. The molecule has 4 rings (SSSR count). The molecule has 0 saturated carbocycles. The summed E-state index contributed by atoms with van der Waals surface area (Å²) in [5, 5.41) is 8.55. The minimum atomic E-state index is -3.72. The Kier molecular flexibility index (Phi) is 4.17. The van der Waals surface area contributed by atoms with Crippen LogP contribution in [0.3, 0.4) is 0 Å². The Bertz CT molecular complexity index is 1060. The molecule has 26 heavy (non-hydrogen) atoms. The summed E-state index contributed by atoms with van der Waals surface area (Å²) in [5.41, 5.74) is 3.57. The second kappa shape index (κ2) is 6.50. The fourth-order valence-electron chi connectivity index (χ4n) is 2.74. The molecule has 1 aliphatic rings. The molecular formula is C17H14N4O3S2. The van der Waals surface area contributed by atoms with Crippen LogP contribution >= 0.6 is 11.5 Å². The van der Waals surface area contributed by atoms with E-state index in [0.717, 1.165) is 16.8 Å². The molecule has 0 radical (unpaired) electrons. The monoisotopic (exact) mass is 386 g/mol. The summed E-state index contributed by atoms with van der Waals surface area (Å²) < 4.78 is 31.7. The zero-order valence-electron chi connectivity index (χ0n) is 13.5. The summed E-state index contributed by atoms with van der Waals surface area (Å²) in [5.74, 6) is -0.0540. The number of aromatic nitrogens is 2. The van der Waals surface area contributed by atoms with Gasteiger partial charge in [0.25, 0.3) is 10.0 Å². The Morgan fingerprint density at radius 1 is 1.08 bits per heavy atom. The molecule has 0 fully saturated rings. The maximum Gasteiger partial charge on any atom is 0.261 e. The van der Waals surface area contributed by atoms with Gasteiger partial charge in [-0.1, -0.05) is 16.6 Å². The molecule has 0 bridgehead atoms. The van der Waals surface area contributed by atoms with Gasteiger partial charge < -0.3 is 5.32 Å². The third-order valence-corrected chi connectivity index (χ3v) is 5.96. The largest absolute Gasteiger partial charge is 0.326 e. The molecule has 1 amide bonds. The third-order valence-electron chi connectivity index (χ3n) is 4.08. The normalized spacial score (nSPS) is 13.8. The lowest BCUT2D eigenvalue weighted by atomic mass is 10.0. The van der Waals surface area contributed by atoms with E-state index in [0.29, 0.717) is 24.2 Å². The summed E-state index contributed by atoms with van der Waals surface area (Å²) in [7, 11) is -3.72. The number of nitrogens with one attached hydrogen (secondary N) is 2. The second-order valence-electron chi connectivity index (χ2n) is 5.84. The maximum atomic E-state index is 12.6. The first-order chi connectivity index (χ1) is 12.5. The summed E-state index contributed by atoms with van der Waals surface area (Å²) in [6, 6.07) is 11.7. The lowest BCUT2D eigenvalue weighted by Crippen LogP contribution is -2.20. The van der Waals surface area contributed by atoms with Crippen LogP contribution in [0.2, 0.25) is 0 Å². The van der Waals surface area contributed by atoms with Crippen molar-refractivity contribution in [2.45, 2.75) is 17.7 Å². The van der Waals surface area contributed by atoms with Crippen LogP contribution in [-0.2, 0) is 21.2 Å². The number of aryl methyl sites for hydroxylation is 1. The van der Waals surface area contributed by atoms with Crippen molar-refractivity contribution in [3.63, 3.8) is 0 Å². The average Bonchev–Trinajstić information content (AvgIpc) is 3.16. The molecule has 0 unspecified atom stereocenters. The van der Waals surface area contributed by atoms with Crippen molar-refractivity contribution >= 4 is 38.8 Å². The zero-order chi connectivity index (χ0) is 18.1. The number of benzene rings is 2. The molecule has 2 aromatic carbocycles. The van der Waals surface area contributed by atoms with Crippen molar-refractivity contribution in [1.29, 1.82) is 0 Å². The van der Waals surface area contributed by atoms with E-state index in [4.69, 9.17) is 0 Å². The predicted molar refractivity (Wildman–Crippen MR) is 99.5 cm³/mol. The molecule has 0 saturated heterocycles. The maximum absolute atomic E-state index is 12.6. The summed E-state index contributed by atoms with van der Waals surface area (Å²) in [4.78, 5) is 11.6. The van der Waals surface area contributed by atoms with E-state index < -0.39 is 10.0 Å². The van der Waals surface area contributed by atoms with Gasteiger partial charge in [-0.2, -0.15) is 0 Å². The van der Waals surface area contributed by atoms with Gasteiger partial charge in [0.15, 0.2) is 0 Å². The Labute approximate surface area is 154 Å². The van der Waals surface area contributed by atoms with Gasteiger partial charge in [0.05, 0.1) is 4.90 Å². The van der Waals surface area contributed by atoms with E-state index in [1.807, 2.05) is 5.38 Å². The number of anilines is 2. The number of fused-ring (bicyclic) bond motifs is 1. The van der Waals surface area contributed by atoms with E-state index in [2.05, 4.69) is 19.6 Å². The van der Waals surface area contributed by atoms with Crippen LogP contribution in [0, 0.1) is 0 Å². The van der Waals surface area contributed by atoms with Crippen LogP contribution in [0.5, 0.6) is 0 Å². The van der Waals surface area contributed by atoms with Crippen LogP contribution in [0.15, 0.2) is 52.7 Å². The van der Waals surface area contributed by atoms with Crippen LogP contribution in [0.4, 0.5) is 11.4 Å². The molecule has 2 heterocycles. The molecule has 1 aliphatic heterocycles. The van der Waals surface area contributed by atoms with E-state index in [1.54, 1.807) is 36.4 Å². The highest BCUT2D eigenvalue weighted by molar-refractivity contribution is 7.92. The first-order valence-corrected chi connectivity index (χ1v) is 10.2. The minimum Gasteiger partial charge on any atom is -0.326 e. The quantitative estimate of drug-likeness (QED) is 0.718. The number of carbonyl (C=O) groups excluding carboxylic acids is 1. The van der Waals surface area contributed by atoms with Gasteiger partial charge in [-0.15, -0.1) is 5.10 Å². The number of carbonyl (C=O) groups is 1. The highest BCUT2D eigenvalue weighted by Gasteiger charge is 2.20. The van der Waals surface area contributed by atoms with Gasteiger partial charge in [-0.25, -0.2) is 8.42 Å². The molecule has 2 N–H and O–H groups in total. The van der Waals surface area contributed by atoms with Crippen LogP contribution in [0.25, 0.3) is 11.3 Å². The highest BCUT2D eigenvalue weighted by atomic mass is 32.2. The number of amides is 1. The first-order valence-electron chi connectivity index (χ1n) is 7.84. The Morgan fingerprint density at radius 3 is 2.62 bits per heavy atom. The summed E-state index contributed by atoms with van der Waals surface area (Å²) in [6.07, 6.45) is 0.887. The van der Waals surface area contributed by atoms with Crippen LogP contribution < -0.4 is 10.0 Å². The standard InChI is InChI=1S/C17H14N4O3S2/c22-17-8-3-12-9-14(6-7-15(12)18-17)26(23,24)20-13-4-1-11(2-5-13)16-10-25-21-19-16/h1-2,4-7,9-10,20H,3,8H2,(H,18,22). The fourth-order valence-corrected chi connectivity index (χ4v) is 4.31. The highest BCUT2D eigenvalue weighted by Crippen LogP contribution is 2.27. The fraction of sp³-hybridized carbons (Fsp3) is 0.118. The first kappa shape index (κ1) is 16.7. The molecule has 0 aliphatic carbocycles. The molecule has 132 valence electrons. The summed E-state index contributed by atoms with van der Waals surface area (Å²) >= 11 is 1.26. The lowest BCUT2D eigenvalue weighted by molar-refractivity contribution is -0.116. The number of nitrogens with zero attached hydrogens (tertiary/aromatic N) is 2. The van der Waals surface area contributed by atoms with E-state index in [-0.39, 0.29) is 10.8 Å². The van der Waals surface area contributed by atoms with Crippen molar-refractivity contribution in [3.8, 4) is 11.3 Å². The SMILES string of the molecule is O=C1CCc2cc(S(=O)(=O)Nc3ccc(-c4csnn4)cc3)ccc2N1. The van der Waals surface area contributed by atoms with Crippen molar-refractivity contribution in [3.05, 3.63) is 53.4 Å². The Hall–Kier alpha value is -2.78. The number of hydrogen-bond acceptors (Lipinski definition) is 6. The molecule has 3 aromatic rings. The number of hydrogen-bond donors (Lipinski definition) is 2. The summed E-state index contributed by atoms with van der Waals surface area (Å²) in [6.45, 7) is 0. The smallest absolute Gasteiger partial charge is 0.261 e. The van der Waals surface area contributed by atoms with Gasteiger partial charge in [0, 0.05) is 28.7 Å². The number of sulfonamides is 1. The Balaban J connectivity index is 1.56. The average molecular weight is 386 g/mol. The van der Waals surface area contributed by atoms with Crippen LogP contribution in [-0.4, -0.2) is 23.9 Å². The topological polar surface area (TPSA) is 101 Å². The molecule has 9 heteroatoms. The molecule has 1 aromatic heterocycles. The second-order valence-corrected chi connectivity index (χ2v) is 8.13. The van der Waals surface area contributed by atoms with Gasteiger partial charge in [-0.05, 0) is 53.8 Å². The lowest BCUT2D eigenvalue weighted by Gasteiger charge is -2.18. The van der Waals surface area contributed by atoms with Gasteiger partial charge in [-0.3, -0.25) is 9.52 Å². The molecule has 0 atom stereocenters. The van der Waals surface area contributed by atoms with E-state index >= 15 is 0 Å². The van der Waals surface area contributed by atoms with Crippen LogP contribution in [0.1, 0.15) is 12.0 Å². The molecular weight excluding hydrogens is 372 g/mol. The van der Waals surface area contributed by atoms with E-state index in [9.17, 15) is 13.2 Å². The Morgan fingerprint density at radius 2 is 1.88 bits per heavy atom. The molecule has 0 spiro atoms. The van der Waals surface area contributed by atoms with Crippen molar-refractivity contribution in [2.24, 2.45) is 0 Å². The third kappa shape index (κ3) is 3.31. The van der Waals surface area contributed by atoms with Gasteiger partial charge in [0.2, 0.25) is 5.91 Å². The van der Waals surface area contributed by atoms with E-state index in [1.165, 1.54) is 17.6 Å². The number of rotatable bonds is 4. The minimum absolute atomic E-state index is 0.0540. The van der Waals surface area contributed by atoms with Crippen molar-refractivity contribution < 1.29 is 13.2 Å². The van der Waals surface area contributed by atoms with Gasteiger partial charge >= 0.3 is 0 Å².